The molecule has 0 aromatic rings. The Bertz CT molecular complexity index is 297. The van der Waals surface area contributed by atoms with Crippen LogP contribution in [0.25, 0.3) is 0 Å². The summed E-state index contributed by atoms with van der Waals surface area (Å²) < 4.78 is 5.71. The van der Waals surface area contributed by atoms with Crippen molar-refractivity contribution < 1.29 is 9.53 Å². The summed E-state index contributed by atoms with van der Waals surface area (Å²) in [5, 5.41) is 3.16. The summed E-state index contributed by atoms with van der Waals surface area (Å²) in [5.41, 5.74) is 5.43. The van der Waals surface area contributed by atoms with Crippen molar-refractivity contribution in [1.82, 2.24) is 5.32 Å². The molecule has 0 bridgehead atoms. The number of hydrogen-bond acceptors (Lipinski definition) is 3. The standard InChI is InChI=1S/C12H20N2O2/c13-7-12(4-5-12)11(15)14-9-3-6-16-10(9)8-1-2-8/h8-10H,1-7,13H2,(H,14,15). The Labute approximate surface area is 95.9 Å². The molecule has 0 aromatic heterocycles. The van der Waals surface area contributed by atoms with E-state index in [9.17, 15) is 4.79 Å². The fraction of sp³-hybridized carbons (Fsp3) is 0.917. The van der Waals surface area contributed by atoms with Gasteiger partial charge in [0, 0.05) is 13.2 Å². The van der Waals surface area contributed by atoms with Crippen LogP contribution in [-0.2, 0) is 9.53 Å². The topological polar surface area (TPSA) is 64.4 Å². The quantitative estimate of drug-likeness (QED) is 0.727. The van der Waals surface area contributed by atoms with Crippen LogP contribution in [0.4, 0.5) is 0 Å². The SMILES string of the molecule is NCC1(C(=O)NC2CCOC2C2CC2)CC1. The molecule has 3 N–H and O–H groups in total. The lowest BCUT2D eigenvalue weighted by molar-refractivity contribution is -0.127. The first kappa shape index (κ1) is 10.5. The molecule has 2 unspecified atom stereocenters. The van der Waals surface area contributed by atoms with Crippen molar-refractivity contribution >= 4 is 5.91 Å². The van der Waals surface area contributed by atoms with E-state index in [0.717, 1.165) is 25.9 Å². The van der Waals surface area contributed by atoms with Gasteiger partial charge < -0.3 is 15.8 Å². The van der Waals surface area contributed by atoms with E-state index in [1.165, 1.54) is 12.8 Å². The first-order valence-electron chi connectivity index (χ1n) is 6.38. The Kier molecular flexibility index (Phi) is 2.44. The molecule has 0 aromatic carbocycles. The lowest BCUT2D eigenvalue weighted by atomic mass is 10.0. The van der Waals surface area contributed by atoms with Crippen molar-refractivity contribution in [2.24, 2.45) is 17.1 Å². The third-order valence-corrected chi connectivity index (χ3v) is 4.26. The molecule has 90 valence electrons. The van der Waals surface area contributed by atoms with Gasteiger partial charge in [0.1, 0.15) is 0 Å². The molecular formula is C12H20N2O2. The zero-order valence-electron chi connectivity index (χ0n) is 9.58. The van der Waals surface area contributed by atoms with Gasteiger partial charge in [0.2, 0.25) is 5.91 Å². The molecule has 1 amide bonds. The van der Waals surface area contributed by atoms with Gasteiger partial charge in [0.15, 0.2) is 0 Å². The van der Waals surface area contributed by atoms with Gasteiger partial charge in [0.25, 0.3) is 0 Å². The van der Waals surface area contributed by atoms with E-state index in [2.05, 4.69) is 5.32 Å². The number of nitrogens with one attached hydrogen (secondary N) is 1. The van der Waals surface area contributed by atoms with E-state index in [1.54, 1.807) is 0 Å². The van der Waals surface area contributed by atoms with Crippen molar-refractivity contribution in [2.45, 2.75) is 44.2 Å². The first-order valence-corrected chi connectivity index (χ1v) is 6.38. The molecule has 0 spiro atoms. The molecule has 3 rings (SSSR count). The molecule has 3 fully saturated rings. The van der Waals surface area contributed by atoms with Gasteiger partial charge in [-0.25, -0.2) is 0 Å². The zero-order chi connectivity index (χ0) is 11.2. The van der Waals surface area contributed by atoms with Crippen molar-refractivity contribution in [3.05, 3.63) is 0 Å². The number of nitrogens with two attached hydrogens (primary N) is 1. The Morgan fingerprint density at radius 2 is 2.12 bits per heavy atom. The van der Waals surface area contributed by atoms with Crippen LogP contribution < -0.4 is 11.1 Å². The molecule has 0 radical (unpaired) electrons. The van der Waals surface area contributed by atoms with Gasteiger partial charge in [-0.05, 0) is 38.0 Å². The second-order valence-electron chi connectivity index (χ2n) is 5.53. The molecule has 1 heterocycles. The lowest BCUT2D eigenvalue weighted by Gasteiger charge is -2.22. The summed E-state index contributed by atoms with van der Waals surface area (Å²) in [6.45, 7) is 1.28. The highest BCUT2D eigenvalue weighted by molar-refractivity contribution is 5.85. The van der Waals surface area contributed by atoms with E-state index in [0.29, 0.717) is 12.5 Å². The van der Waals surface area contributed by atoms with Crippen LogP contribution in [0.2, 0.25) is 0 Å². The maximum absolute atomic E-state index is 12.1. The Morgan fingerprint density at radius 3 is 2.69 bits per heavy atom. The largest absolute Gasteiger partial charge is 0.376 e. The summed E-state index contributed by atoms with van der Waals surface area (Å²) in [5.74, 6) is 0.858. The first-order chi connectivity index (χ1) is 7.75. The van der Waals surface area contributed by atoms with Crippen molar-refractivity contribution in [3.8, 4) is 0 Å². The fourth-order valence-electron chi connectivity index (χ4n) is 2.65. The Morgan fingerprint density at radius 1 is 1.38 bits per heavy atom. The van der Waals surface area contributed by atoms with Gasteiger partial charge in [-0.1, -0.05) is 0 Å². The fourth-order valence-corrected chi connectivity index (χ4v) is 2.65. The third kappa shape index (κ3) is 1.74. The number of rotatable bonds is 4. The predicted octanol–water partition coefficient (Wildman–Crippen LogP) is 0.409. The molecular weight excluding hydrogens is 204 g/mol. The molecule has 4 heteroatoms. The summed E-state index contributed by atoms with van der Waals surface area (Å²) in [6.07, 6.45) is 5.68. The molecule has 1 aliphatic heterocycles. The van der Waals surface area contributed by atoms with Crippen LogP contribution in [0.1, 0.15) is 32.1 Å². The highest BCUT2D eigenvalue weighted by Crippen LogP contribution is 2.45. The van der Waals surface area contributed by atoms with E-state index in [-0.39, 0.29) is 23.5 Å². The van der Waals surface area contributed by atoms with E-state index < -0.39 is 0 Å². The summed E-state index contributed by atoms with van der Waals surface area (Å²) >= 11 is 0. The molecule has 2 atom stereocenters. The van der Waals surface area contributed by atoms with Crippen LogP contribution in [0, 0.1) is 11.3 Å². The molecule has 1 saturated heterocycles. The van der Waals surface area contributed by atoms with Gasteiger partial charge in [-0.3, -0.25) is 4.79 Å². The van der Waals surface area contributed by atoms with Gasteiger partial charge in [-0.2, -0.15) is 0 Å². The maximum Gasteiger partial charge on any atom is 0.227 e. The Balaban J connectivity index is 1.59. The predicted molar refractivity (Wildman–Crippen MR) is 59.7 cm³/mol. The van der Waals surface area contributed by atoms with Gasteiger partial charge in [-0.15, -0.1) is 0 Å². The Hall–Kier alpha value is -0.610. The molecule has 3 aliphatic rings. The van der Waals surface area contributed by atoms with Crippen LogP contribution in [0.5, 0.6) is 0 Å². The number of hydrogen-bond donors (Lipinski definition) is 2. The minimum absolute atomic E-state index is 0.163. The van der Waals surface area contributed by atoms with Crippen LogP contribution >= 0.6 is 0 Å². The van der Waals surface area contributed by atoms with Crippen molar-refractivity contribution in [2.75, 3.05) is 13.2 Å². The maximum atomic E-state index is 12.1. The summed E-state index contributed by atoms with van der Waals surface area (Å²) in [6, 6.07) is 0.240. The number of carbonyl (C=O) groups is 1. The van der Waals surface area contributed by atoms with Gasteiger partial charge in [0.05, 0.1) is 17.6 Å². The molecule has 4 nitrogen and oxygen atoms in total. The normalized spacial score (nSPS) is 36.1. The minimum atomic E-state index is -0.226. The summed E-state index contributed by atoms with van der Waals surface area (Å²) in [4.78, 5) is 12.1. The zero-order valence-corrected chi connectivity index (χ0v) is 9.58. The average Bonchev–Trinajstić information content (AvgIpc) is 3.20. The van der Waals surface area contributed by atoms with Crippen molar-refractivity contribution in [3.63, 3.8) is 0 Å². The summed E-state index contributed by atoms with van der Waals surface area (Å²) in [7, 11) is 0. The van der Waals surface area contributed by atoms with Gasteiger partial charge >= 0.3 is 0 Å². The monoisotopic (exact) mass is 224 g/mol. The molecule has 2 aliphatic carbocycles. The number of carbonyl (C=O) groups excluding carboxylic acids is 1. The highest BCUT2D eigenvalue weighted by Gasteiger charge is 2.50. The average molecular weight is 224 g/mol. The van der Waals surface area contributed by atoms with E-state index >= 15 is 0 Å². The van der Waals surface area contributed by atoms with Crippen LogP contribution in [0.3, 0.4) is 0 Å². The number of amides is 1. The van der Waals surface area contributed by atoms with Crippen molar-refractivity contribution in [1.29, 1.82) is 0 Å². The minimum Gasteiger partial charge on any atom is -0.376 e. The lowest BCUT2D eigenvalue weighted by Crippen LogP contribution is -2.46. The number of ether oxygens (including phenoxy) is 1. The third-order valence-electron chi connectivity index (χ3n) is 4.26. The smallest absolute Gasteiger partial charge is 0.227 e. The second kappa shape index (κ2) is 3.70. The molecule has 16 heavy (non-hydrogen) atoms. The van der Waals surface area contributed by atoms with Crippen LogP contribution in [-0.4, -0.2) is 31.2 Å². The second-order valence-corrected chi connectivity index (χ2v) is 5.53. The highest BCUT2D eigenvalue weighted by atomic mass is 16.5. The van der Waals surface area contributed by atoms with Crippen LogP contribution in [0.15, 0.2) is 0 Å². The van der Waals surface area contributed by atoms with E-state index in [1.807, 2.05) is 0 Å². The van der Waals surface area contributed by atoms with E-state index in [4.69, 9.17) is 10.5 Å². The molecule has 2 saturated carbocycles.